The number of aromatic nitrogens is 1. The van der Waals surface area contributed by atoms with Crippen LogP contribution in [0.15, 0.2) is 34.8 Å². The highest BCUT2D eigenvalue weighted by Crippen LogP contribution is 2.38. The molecule has 2 aromatic heterocycles. The van der Waals surface area contributed by atoms with E-state index in [4.69, 9.17) is 18.6 Å². The molecule has 16 heteroatoms. The lowest BCUT2D eigenvalue weighted by Gasteiger charge is -2.29. The number of furan rings is 1. The number of hydrogen-bond acceptors (Lipinski definition) is 9. The summed E-state index contributed by atoms with van der Waals surface area (Å²) in [6.45, 7) is 11.8. The van der Waals surface area contributed by atoms with Gasteiger partial charge in [0.25, 0.3) is 11.8 Å². The SMILES string of the molecule is COc1ccc2c(c1F)C(=O)N(C[C@]1(c3cc4nc(C5=CCN(C(=O)OC(C)(C)C)CC5)c(F)cc4o3)NC(=O)N(COCC[Si](C)(C)C)C1=O)C2. The van der Waals surface area contributed by atoms with E-state index in [9.17, 15) is 19.2 Å². The number of halogens is 2. The van der Waals surface area contributed by atoms with E-state index >= 15 is 8.78 Å². The summed E-state index contributed by atoms with van der Waals surface area (Å²) in [5.74, 6) is -3.18. The first kappa shape index (κ1) is 36.9. The average Bonchev–Trinajstić information content (AvgIpc) is 3.69. The van der Waals surface area contributed by atoms with Crippen molar-refractivity contribution in [2.45, 2.75) is 70.6 Å². The van der Waals surface area contributed by atoms with Gasteiger partial charge in [0.2, 0.25) is 0 Å². The molecule has 3 aliphatic rings. The van der Waals surface area contributed by atoms with E-state index in [2.05, 4.69) is 29.9 Å². The molecule has 5 amide bonds. The number of fused-ring (bicyclic) bond motifs is 2. The van der Waals surface area contributed by atoms with Crippen molar-refractivity contribution in [3.8, 4) is 5.75 Å². The fourth-order valence-electron chi connectivity index (χ4n) is 6.35. The van der Waals surface area contributed by atoms with Crippen LogP contribution in [0.25, 0.3) is 16.7 Å². The van der Waals surface area contributed by atoms with Crippen molar-refractivity contribution in [2.24, 2.45) is 0 Å². The van der Waals surface area contributed by atoms with Crippen LogP contribution in [-0.2, 0) is 26.4 Å². The Kier molecular flexibility index (Phi) is 9.67. The molecule has 0 radical (unpaired) electrons. The van der Waals surface area contributed by atoms with Crippen LogP contribution in [0, 0.1) is 11.6 Å². The van der Waals surface area contributed by atoms with E-state index in [0.717, 1.165) is 17.0 Å². The minimum atomic E-state index is -1.98. The largest absolute Gasteiger partial charge is 0.494 e. The Morgan fingerprint density at radius 3 is 2.54 bits per heavy atom. The maximum absolute atomic E-state index is 15.6. The second-order valence-electron chi connectivity index (χ2n) is 15.4. The third-order valence-electron chi connectivity index (χ3n) is 9.14. The Bertz CT molecular complexity index is 1990. The zero-order chi connectivity index (χ0) is 37.7. The van der Waals surface area contributed by atoms with Gasteiger partial charge in [-0.15, -0.1) is 0 Å². The van der Waals surface area contributed by atoms with Gasteiger partial charge in [0.1, 0.15) is 29.3 Å². The molecule has 5 heterocycles. The maximum Gasteiger partial charge on any atom is 0.410 e. The number of urea groups is 1. The molecular formula is C36H43F2N5O8Si. The first-order valence-electron chi connectivity index (χ1n) is 17.0. The molecule has 278 valence electrons. The number of rotatable bonds is 10. The standard InChI is InChI=1S/C36H43F2N5O8Si/c1-35(2,3)51-34(47)41-12-10-21(11-13-41)30-23(37)16-26-24(39-30)17-27(50-26)36(32(45)43(33(46)40-36)20-49-14-15-52(5,6)7)19-42-18-22-8-9-25(48-4)29(38)28(22)31(42)44/h8-10,16-17H,11-15,18-20H2,1-7H3,(H,40,46)/t36-/m1/s1. The molecule has 1 atom stereocenters. The normalized spacial score (nSPS) is 19.4. The highest BCUT2D eigenvalue weighted by molar-refractivity contribution is 6.76. The van der Waals surface area contributed by atoms with Gasteiger partial charge in [-0.05, 0) is 50.4 Å². The van der Waals surface area contributed by atoms with Gasteiger partial charge in [0, 0.05) is 46.4 Å². The Balaban J connectivity index is 1.33. The molecule has 0 spiro atoms. The van der Waals surface area contributed by atoms with Crippen molar-refractivity contribution in [1.29, 1.82) is 0 Å². The van der Waals surface area contributed by atoms with Crippen molar-refractivity contribution < 1.29 is 46.6 Å². The van der Waals surface area contributed by atoms with Crippen LogP contribution in [0.4, 0.5) is 18.4 Å². The summed E-state index contributed by atoms with van der Waals surface area (Å²) < 4.78 is 53.2. The van der Waals surface area contributed by atoms with Crippen LogP contribution in [0.2, 0.25) is 25.7 Å². The van der Waals surface area contributed by atoms with Gasteiger partial charge in [0.05, 0.1) is 19.2 Å². The molecule has 1 saturated heterocycles. The number of amides is 5. The Labute approximate surface area is 300 Å². The van der Waals surface area contributed by atoms with Crippen LogP contribution in [-0.4, -0.2) is 97.4 Å². The molecule has 13 nitrogen and oxygen atoms in total. The number of nitrogens with one attached hydrogen (secondary N) is 1. The maximum atomic E-state index is 15.6. The number of carbonyl (C=O) groups excluding carboxylic acids is 4. The summed E-state index contributed by atoms with van der Waals surface area (Å²) >= 11 is 0. The molecule has 1 fully saturated rings. The Morgan fingerprint density at radius 1 is 1.13 bits per heavy atom. The number of imide groups is 1. The minimum Gasteiger partial charge on any atom is -0.494 e. The van der Waals surface area contributed by atoms with E-state index in [0.29, 0.717) is 24.2 Å². The van der Waals surface area contributed by atoms with E-state index in [1.54, 1.807) is 32.9 Å². The summed E-state index contributed by atoms with van der Waals surface area (Å²) in [4.78, 5) is 62.1. The predicted molar refractivity (Wildman–Crippen MR) is 188 cm³/mol. The monoisotopic (exact) mass is 739 g/mol. The van der Waals surface area contributed by atoms with Crippen LogP contribution >= 0.6 is 0 Å². The van der Waals surface area contributed by atoms with E-state index in [-0.39, 0.29) is 60.2 Å². The lowest BCUT2D eigenvalue weighted by molar-refractivity contribution is -0.136. The van der Waals surface area contributed by atoms with E-state index in [1.165, 1.54) is 29.0 Å². The van der Waals surface area contributed by atoms with Gasteiger partial charge in [-0.3, -0.25) is 9.59 Å². The molecule has 0 bridgehead atoms. The van der Waals surface area contributed by atoms with Gasteiger partial charge < -0.3 is 33.7 Å². The fourth-order valence-corrected chi connectivity index (χ4v) is 7.11. The van der Waals surface area contributed by atoms with Gasteiger partial charge in [-0.25, -0.2) is 28.3 Å². The average molecular weight is 740 g/mol. The molecule has 52 heavy (non-hydrogen) atoms. The predicted octanol–water partition coefficient (Wildman–Crippen LogP) is 5.85. The number of benzene rings is 1. The zero-order valence-electron chi connectivity index (χ0n) is 30.4. The summed E-state index contributed by atoms with van der Waals surface area (Å²) in [6, 6.07) is 5.58. The number of hydrogen-bond donors (Lipinski definition) is 1. The quantitative estimate of drug-likeness (QED) is 0.154. The zero-order valence-corrected chi connectivity index (χ0v) is 31.4. The molecule has 0 saturated carbocycles. The van der Waals surface area contributed by atoms with Crippen LogP contribution < -0.4 is 10.1 Å². The van der Waals surface area contributed by atoms with E-state index in [1.807, 2.05) is 0 Å². The van der Waals surface area contributed by atoms with Crippen molar-refractivity contribution >= 4 is 48.7 Å². The van der Waals surface area contributed by atoms with Gasteiger partial charge in [-0.2, -0.15) is 0 Å². The lowest BCUT2D eigenvalue weighted by atomic mass is 9.95. The van der Waals surface area contributed by atoms with Gasteiger partial charge >= 0.3 is 12.1 Å². The summed E-state index contributed by atoms with van der Waals surface area (Å²) in [6.07, 6.45) is 1.54. The number of methoxy groups -OCH3 is 1. The number of ether oxygens (including phenoxy) is 3. The third-order valence-corrected chi connectivity index (χ3v) is 10.8. The molecule has 6 rings (SSSR count). The molecule has 0 aliphatic carbocycles. The fraction of sp³-hybridized carbons (Fsp3) is 0.472. The summed E-state index contributed by atoms with van der Waals surface area (Å²) in [5, 5.41) is 2.71. The lowest BCUT2D eigenvalue weighted by Crippen LogP contribution is -2.52. The smallest absolute Gasteiger partial charge is 0.410 e. The van der Waals surface area contributed by atoms with Crippen molar-refractivity contribution in [3.63, 3.8) is 0 Å². The van der Waals surface area contributed by atoms with Crippen LogP contribution in [0.1, 0.15) is 54.6 Å². The highest BCUT2D eigenvalue weighted by atomic mass is 28.3. The molecule has 3 aliphatic heterocycles. The Morgan fingerprint density at radius 2 is 1.88 bits per heavy atom. The second-order valence-corrected chi connectivity index (χ2v) is 21.0. The molecule has 1 N–H and O–H groups in total. The van der Waals surface area contributed by atoms with Crippen molar-refractivity contribution in [3.05, 3.63) is 64.6 Å². The number of nitrogens with zero attached hydrogens (tertiary/aromatic N) is 4. The molecule has 0 unspecified atom stereocenters. The molecule has 3 aromatic rings. The molecular weight excluding hydrogens is 697 g/mol. The van der Waals surface area contributed by atoms with Gasteiger partial charge in [-0.1, -0.05) is 31.8 Å². The first-order valence-corrected chi connectivity index (χ1v) is 20.8. The molecule has 1 aromatic carbocycles. The first-order chi connectivity index (χ1) is 24.4. The minimum absolute atomic E-state index is 0.00103. The summed E-state index contributed by atoms with van der Waals surface area (Å²) in [7, 11) is -0.186. The summed E-state index contributed by atoms with van der Waals surface area (Å²) in [5.41, 5.74) is -1.64. The second kappa shape index (κ2) is 13.6. The third kappa shape index (κ3) is 7.13. The van der Waals surface area contributed by atoms with Crippen LogP contribution in [0.3, 0.4) is 0 Å². The van der Waals surface area contributed by atoms with Gasteiger partial charge in [0.15, 0.2) is 28.5 Å². The Hall–Kier alpha value is -4.83. The number of pyridine rings is 1. The topological polar surface area (TPSA) is 144 Å². The van der Waals surface area contributed by atoms with Crippen LogP contribution in [0.5, 0.6) is 5.75 Å². The van der Waals surface area contributed by atoms with E-state index < -0.39 is 61.3 Å². The number of carbonyl (C=O) groups is 4. The highest BCUT2D eigenvalue weighted by Gasteiger charge is 2.57. The van der Waals surface area contributed by atoms with Crippen molar-refractivity contribution in [1.82, 2.24) is 25.0 Å². The van der Waals surface area contributed by atoms with Crippen molar-refractivity contribution in [2.75, 3.05) is 40.1 Å².